The van der Waals surface area contributed by atoms with E-state index in [0.29, 0.717) is 52.1 Å². The average Bonchev–Trinajstić information content (AvgIpc) is 3.17. The van der Waals surface area contributed by atoms with Crippen molar-refractivity contribution in [3.63, 3.8) is 0 Å². The molecule has 6 heteroatoms. The molecule has 0 heterocycles. The molecule has 0 saturated carbocycles. The number of nitrogens with one attached hydrogen (secondary N) is 1. The highest BCUT2D eigenvalue weighted by molar-refractivity contribution is 9.10. The summed E-state index contributed by atoms with van der Waals surface area (Å²) in [5, 5.41) is 3.72. The first-order valence-electron chi connectivity index (χ1n) is 19.9. The van der Waals surface area contributed by atoms with Crippen LogP contribution in [0.15, 0.2) is 95.5 Å². The lowest BCUT2D eigenvalue weighted by molar-refractivity contribution is 0.304. The van der Waals surface area contributed by atoms with Gasteiger partial charge >= 0.3 is 0 Å². The molecular weight excluding hydrogens is 734 g/mol. The zero-order chi connectivity index (χ0) is 37.7. The predicted molar refractivity (Wildman–Crippen MR) is 225 cm³/mol. The molecule has 0 aromatic heterocycles. The van der Waals surface area contributed by atoms with E-state index in [-0.39, 0.29) is 0 Å². The second-order valence-electron chi connectivity index (χ2n) is 14.3. The van der Waals surface area contributed by atoms with Crippen LogP contribution >= 0.6 is 15.9 Å². The Morgan fingerprint density at radius 2 is 0.778 bits per heavy atom. The largest absolute Gasteiger partial charge is 0.493 e. The Hall–Kier alpha value is -4.26. The van der Waals surface area contributed by atoms with Gasteiger partial charge in [-0.15, -0.1) is 0 Å². The zero-order valence-electron chi connectivity index (χ0n) is 32.6. The number of hydrogen-bond donors (Lipinski definition) is 1. The van der Waals surface area contributed by atoms with E-state index in [4.69, 9.17) is 18.9 Å². The second-order valence-corrected chi connectivity index (χ2v) is 15.2. The summed E-state index contributed by atoms with van der Waals surface area (Å²) in [7, 11) is 0. The van der Waals surface area contributed by atoms with Crippen molar-refractivity contribution in [3.8, 4) is 23.0 Å². The van der Waals surface area contributed by atoms with Gasteiger partial charge in [-0.25, -0.2) is 0 Å². The number of halogens is 1. The average molecular weight is 791 g/mol. The smallest absolute Gasteiger partial charge is 0.126 e. The van der Waals surface area contributed by atoms with Crippen molar-refractivity contribution in [2.75, 3.05) is 26.4 Å². The van der Waals surface area contributed by atoms with E-state index in [2.05, 4.69) is 140 Å². The van der Waals surface area contributed by atoms with Gasteiger partial charge in [-0.2, -0.15) is 0 Å². The van der Waals surface area contributed by atoms with Crippen LogP contribution in [0.4, 0.5) is 0 Å². The summed E-state index contributed by atoms with van der Waals surface area (Å²) < 4.78 is 27.8. The highest BCUT2D eigenvalue weighted by atomic mass is 79.9. The maximum Gasteiger partial charge on any atom is 0.126 e. The van der Waals surface area contributed by atoms with Crippen molar-refractivity contribution in [2.45, 2.75) is 92.2 Å². The minimum atomic E-state index is 0.642. The molecule has 1 aliphatic carbocycles. The number of ether oxygens (including phenoxy) is 4. The van der Waals surface area contributed by atoms with E-state index in [1.54, 1.807) is 0 Å². The van der Waals surface area contributed by atoms with Crippen LogP contribution in [-0.2, 0) is 38.8 Å². The molecule has 284 valence electrons. The fourth-order valence-electron chi connectivity index (χ4n) is 7.32. The summed E-state index contributed by atoms with van der Waals surface area (Å²) in [6.45, 7) is 12.8. The first-order chi connectivity index (χ1) is 26.5. The molecule has 54 heavy (non-hydrogen) atoms. The van der Waals surface area contributed by atoms with Gasteiger partial charge < -0.3 is 24.3 Å². The van der Waals surface area contributed by atoms with Crippen molar-refractivity contribution in [1.29, 1.82) is 0 Å². The van der Waals surface area contributed by atoms with Gasteiger partial charge in [0.05, 0.1) is 26.4 Å². The Morgan fingerprint density at radius 3 is 1.20 bits per heavy atom. The maximum absolute atomic E-state index is 6.76. The minimum absolute atomic E-state index is 0.642. The highest BCUT2D eigenvalue weighted by Gasteiger charge is 2.23. The van der Waals surface area contributed by atoms with Crippen molar-refractivity contribution in [3.05, 3.63) is 151 Å². The summed E-state index contributed by atoms with van der Waals surface area (Å²) in [5.74, 6) is 3.86. The van der Waals surface area contributed by atoms with Crippen molar-refractivity contribution >= 4 is 15.9 Å². The molecule has 0 amide bonds. The fourth-order valence-corrected chi connectivity index (χ4v) is 7.88. The van der Waals surface area contributed by atoms with Crippen LogP contribution in [0.25, 0.3) is 0 Å². The van der Waals surface area contributed by atoms with Crippen molar-refractivity contribution in [2.24, 2.45) is 0 Å². The fraction of sp³-hybridized carbons (Fsp3) is 0.375. The molecule has 0 atom stereocenters. The Bertz CT molecular complexity index is 1970. The Kier molecular flexibility index (Phi) is 14.5. The Labute approximate surface area is 331 Å². The van der Waals surface area contributed by atoms with Gasteiger partial charge in [0.1, 0.15) is 23.0 Å². The van der Waals surface area contributed by atoms with Crippen LogP contribution in [0.5, 0.6) is 23.0 Å². The molecule has 1 N–H and O–H groups in total. The number of para-hydroxylation sites is 2. The van der Waals surface area contributed by atoms with E-state index in [9.17, 15) is 0 Å². The number of rotatable bonds is 16. The maximum atomic E-state index is 6.76. The molecule has 8 bridgehead atoms. The molecule has 0 spiro atoms. The van der Waals surface area contributed by atoms with Crippen LogP contribution in [0.2, 0.25) is 0 Å². The molecule has 1 aliphatic rings. The molecule has 0 radical (unpaired) electrons. The standard InChI is InChI=1S/C48H56BrNO4/c1-5-20-51-45-36-16-12-18-38(45)27-40-24-35(33-50-32-34-14-10-9-11-15-34)25-41(47(40)53-22-7-3)29-43-31-44(49)30-42(48(43)54-23-8-4)28-39-19-13-17-37(26-36)46(39)52-21-6-2/h9-19,24-25,30-31,50H,5-8,20-23,26-29,32-33H2,1-4H3. The number of hydrogen-bond acceptors (Lipinski definition) is 5. The lowest BCUT2D eigenvalue weighted by Gasteiger charge is -2.23. The Morgan fingerprint density at radius 1 is 0.426 bits per heavy atom. The molecule has 0 aliphatic heterocycles. The lowest BCUT2D eigenvalue weighted by Crippen LogP contribution is -2.14. The molecule has 0 saturated heterocycles. The molecule has 5 nitrogen and oxygen atoms in total. The van der Waals surface area contributed by atoms with Crippen molar-refractivity contribution in [1.82, 2.24) is 5.32 Å². The summed E-state index contributed by atoms with van der Waals surface area (Å²) in [6.07, 6.45) is 6.46. The van der Waals surface area contributed by atoms with Gasteiger partial charge in [0.25, 0.3) is 0 Å². The molecule has 6 rings (SSSR count). The topological polar surface area (TPSA) is 49.0 Å². The van der Waals surface area contributed by atoms with Gasteiger partial charge in [-0.05, 0) is 82.3 Å². The first-order valence-corrected chi connectivity index (χ1v) is 20.7. The number of fused-ring (bicyclic) bond motifs is 8. The zero-order valence-corrected chi connectivity index (χ0v) is 34.2. The normalized spacial score (nSPS) is 12.3. The van der Waals surface area contributed by atoms with E-state index < -0.39 is 0 Å². The monoisotopic (exact) mass is 789 g/mol. The summed E-state index contributed by atoms with van der Waals surface area (Å²) >= 11 is 3.91. The van der Waals surface area contributed by atoms with Gasteiger partial charge in [0.15, 0.2) is 0 Å². The third-order valence-electron chi connectivity index (χ3n) is 9.69. The van der Waals surface area contributed by atoms with E-state index in [1.165, 1.54) is 33.4 Å². The molecule has 0 fully saturated rings. The van der Waals surface area contributed by atoms with Gasteiger partial charge in [-0.1, -0.05) is 122 Å². The first kappa shape index (κ1) is 39.4. The Balaban J connectivity index is 1.56. The van der Waals surface area contributed by atoms with E-state index >= 15 is 0 Å². The quantitative estimate of drug-likeness (QED) is 0.106. The number of benzene rings is 5. The lowest BCUT2D eigenvalue weighted by atomic mass is 9.90. The minimum Gasteiger partial charge on any atom is -0.493 e. The van der Waals surface area contributed by atoms with Gasteiger partial charge in [-0.3, -0.25) is 0 Å². The molecule has 5 aromatic rings. The van der Waals surface area contributed by atoms with E-state index in [1.807, 2.05) is 0 Å². The van der Waals surface area contributed by atoms with Crippen LogP contribution in [0.3, 0.4) is 0 Å². The second kappa shape index (κ2) is 19.9. The third-order valence-corrected chi connectivity index (χ3v) is 10.2. The predicted octanol–water partition coefficient (Wildman–Crippen LogP) is 11.6. The molecular formula is C48H56BrNO4. The van der Waals surface area contributed by atoms with Crippen LogP contribution in [0.1, 0.15) is 109 Å². The summed E-state index contributed by atoms with van der Waals surface area (Å²) in [6, 6.07) is 32.9. The van der Waals surface area contributed by atoms with Gasteiger partial charge in [0.2, 0.25) is 0 Å². The SMILES string of the molecule is CCCOc1c2cccc1Cc1cc(Br)cc(c1OCCC)Cc1cc(CNCc3ccccc3)cc(c1OCCC)Cc1cccc(c1OCCC)C2. The highest BCUT2D eigenvalue weighted by Crippen LogP contribution is 2.40. The van der Waals surface area contributed by atoms with Gasteiger partial charge in [0, 0.05) is 54.4 Å². The van der Waals surface area contributed by atoms with Crippen LogP contribution < -0.4 is 24.3 Å². The van der Waals surface area contributed by atoms with Crippen molar-refractivity contribution < 1.29 is 18.9 Å². The third kappa shape index (κ3) is 10.1. The molecule has 5 aromatic carbocycles. The summed E-state index contributed by atoms with van der Waals surface area (Å²) in [4.78, 5) is 0. The van der Waals surface area contributed by atoms with Crippen LogP contribution in [-0.4, -0.2) is 26.4 Å². The van der Waals surface area contributed by atoms with E-state index in [0.717, 1.165) is 88.5 Å². The molecule has 0 unspecified atom stereocenters. The van der Waals surface area contributed by atoms with Crippen LogP contribution in [0, 0.1) is 0 Å². The summed E-state index contributed by atoms with van der Waals surface area (Å²) in [5.41, 5.74) is 11.8.